The summed E-state index contributed by atoms with van der Waals surface area (Å²) in [5, 5.41) is 3.35. The molecule has 1 aliphatic carbocycles. The van der Waals surface area contributed by atoms with Crippen molar-refractivity contribution in [3.63, 3.8) is 0 Å². The number of hydrogen-bond donors (Lipinski definition) is 2. The quantitative estimate of drug-likeness (QED) is 0.805. The molecule has 1 fully saturated rings. The Morgan fingerprint density at radius 2 is 1.93 bits per heavy atom. The van der Waals surface area contributed by atoms with Crippen LogP contribution in [0.1, 0.15) is 61.0 Å². The summed E-state index contributed by atoms with van der Waals surface area (Å²) in [6, 6.07) is 5.47. The largest absolute Gasteiger partial charge is 0.366 e. The molecule has 0 aromatic heterocycles. The Balaban J connectivity index is 1.88. The van der Waals surface area contributed by atoms with Crippen LogP contribution in [0.5, 0.6) is 0 Å². The number of primary amides is 1. The normalized spacial score (nSPS) is 24.4. The number of sulfonamides is 1. The van der Waals surface area contributed by atoms with Crippen LogP contribution in [0.25, 0.3) is 5.57 Å². The highest BCUT2D eigenvalue weighted by Gasteiger charge is 2.30. The van der Waals surface area contributed by atoms with Crippen molar-refractivity contribution in [1.82, 2.24) is 9.62 Å². The number of piperazine rings is 1. The minimum atomic E-state index is -3.43. The van der Waals surface area contributed by atoms with E-state index in [1.165, 1.54) is 0 Å². The molecule has 0 saturated carbocycles. The lowest BCUT2D eigenvalue weighted by Gasteiger charge is -2.35. The highest BCUT2D eigenvalue weighted by Crippen LogP contribution is 2.30. The zero-order chi connectivity index (χ0) is 19.6. The predicted molar refractivity (Wildman–Crippen MR) is 108 cm³/mol. The van der Waals surface area contributed by atoms with Gasteiger partial charge in [0.2, 0.25) is 15.9 Å². The maximum atomic E-state index is 12.9. The fraction of sp³-hybridized carbons (Fsp3) is 0.550. The van der Waals surface area contributed by atoms with Crippen LogP contribution in [0.15, 0.2) is 24.3 Å². The maximum Gasteiger partial charge on any atom is 0.249 e. The first-order valence-electron chi connectivity index (χ1n) is 9.62. The second-order valence-corrected chi connectivity index (χ2v) is 9.73. The zero-order valence-electron chi connectivity index (χ0n) is 16.1. The third-order valence-corrected chi connectivity index (χ3v) is 7.04. The van der Waals surface area contributed by atoms with Gasteiger partial charge in [-0.1, -0.05) is 12.1 Å². The molecular weight excluding hydrogens is 362 g/mol. The average Bonchev–Trinajstić information content (AvgIpc) is 2.61. The Labute approximate surface area is 161 Å². The van der Waals surface area contributed by atoms with Crippen molar-refractivity contribution in [3.05, 3.63) is 41.0 Å². The van der Waals surface area contributed by atoms with Crippen molar-refractivity contribution in [2.75, 3.05) is 13.1 Å². The van der Waals surface area contributed by atoms with Gasteiger partial charge in [-0.05, 0) is 68.4 Å². The molecule has 1 aliphatic heterocycles. The van der Waals surface area contributed by atoms with Crippen LogP contribution >= 0.6 is 0 Å². The number of benzene rings is 1. The molecule has 148 valence electrons. The number of rotatable bonds is 5. The number of nitrogens with two attached hydrogens (primary N) is 1. The second kappa shape index (κ2) is 8.12. The van der Waals surface area contributed by atoms with E-state index in [9.17, 15) is 13.2 Å². The Hall–Kier alpha value is -1.70. The van der Waals surface area contributed by atoms with Gasteiger partial charge in [-0.2, -0.15) is 4.31 Å². The summed E-state index contributed by atoms with van der Waals surface area (Å²) < 4.78 is 27.5. The first kappa shape index (κ1) is 20.0. The summed E-state index contributed by atoms with van der Waals surface area (Å²) in [5.74, 6) is -0.540. The molecule has 0 bridgehead atoms. The van der Waals surface area contributed by atoms with Gasteiger partial charge in [0.15, 0.2) is 0 Å². The van der Waals surface area contributed by atoms with Crippen LogP contribution in [0, 0.1) is 0 Å². The molecule has 1 saturated heterocycles. The van der Waals surface area contributed by atoms with Gasteiger partial charge in [0.1, 0.15) is 0 Å². The van der Waals surface area contributed by atoms with E-state index in [2.05, 4.69) is 11.4 Å². The molecule has 2 atom stereocenters. The molecule has 27 heavy (non-hydrogen) atoms. The Bertz CT molecular complexity index is 838. The lowest BCUT2D eigenvalue weighted by molar-refractivity contribution is 0.1000. The minimum absolute atomic E-state index is 0.0637. The molecule has 0 unspecified atom stereocenters. The molecule has 6 nitrogen and oxygen atoms in total. The van der Waals surface area contributed by atoms with Crippen molar-refractivity contribution in [3.8, 4) is 0 Å². The summed E-state index contributed by atoms with van der Waals surface area (Å²) in [6.07, 6.45) is 6.23. The fourth-order valence-corrected chi connectivity index (χ4v) is 5.73. The number of hydrogen-bond acceptors (Lipinski definition) is 4. The number of carbonyl (C=O) groups excluding carboxylic acids is 1. The summed E-state index contributed by atoms with van der Waals surface area (Å²) in [5.41, 5.74) is 8.59. The van der Waals surface area contributed by atoms with E-state index in [1.807, 2.05) is 19.9 Å². The summed E-state index contributed by atoms with van der Waals surface area (Å²) in [7, 11) is -3.43. The molecule has 0 radical (unpaired) electrons. The lowest BCUT2D eigenvalue weighted by Crippen LogP contribution is -2.55. The maximum absolute atomic E-state index is 12.9. The first-order valence-corrected chi connectivity index (χ1v) is 11.2. The van der Waals surface area contributed by atoms with Crippen LogP contribution < -0.4 is 11.1 Å². The summed E-state index contributed by atoms with van der Waals surface area (Å²) in [4.78, 5) is 11.8. The molecule has 1 aromatic rings. The van der Waals surface area contributed by atoms with E-state index >= 15 is 0 Å². The Morgan fingerprint density at radius 1 is 1.22 bits per heavy atom. The molecule has 1 amide bonds. The molecule has 7 heteroatoms. The highest BCUT2D eigenvalue weighted by molar-refractivity contribution is 7.88. The smallest absolute Gasteiger partial charge is 0.249 e. The van der Waals surface area contributed by atoms with Gasteiger partial charge >= 0.3 is 0 Å². The van der Waals surface area contributed by atoms with E-state index in [-0.39, 0.29) is 17.8 Å². The van der Waals surface area contributed by atoms with Crippen molar-refractivity contribution in [2.24, 2.45) is 5.73 Å². The number of amides is 1. The van der Waals surface area contributed by atoms with Gasteiger partial charge in [0.25, 0.3) is 0 Å². The third-order valence-electron chi connectivity index (χ3n) is 5.25. The Morgan fingerprint density at radius 3 is 2.52 bits per heavy atom. The van der Waals surface area contributed by atoms with Crippen molar-refractivity contribution in [1.29, 1.82) is 0 Å². The van der Waals surface area contributed by atoms with E-state index in [0.717, 1.165) is 36.8 Å². The monoisotopic (exact) mass is 391 g/mol. The van der Waals surface area contributed by atoms with E-state index in [4.69, 9.17) is 5.73 Å². The summed E-state index contributed by atoms with van der Waals surface area (Å²) in [6.45, 7) is 4.94. The van der Waals surface area contributed by atoms with Crippen LogP contribution in [-0.4, -0.2) is 43.8 Å². The van der Waals surface area contributed by atoms with Gasteiger partial charge in [-0.3, -0.25) is 4.79 Å². The van der Waals surface area contributed by atoms with Gasteiger partial charge in [-0.25, -0.2) is 8.42 Å². The predicted octanol–water partition coefficient (Wildman–Crippen LogP) is 2.25. The molecular formula is C20H29N3O3S. The lowest BCUT2D eigenvalue weighted by atomic mass is 9.89. The molecule has 2 aliphatic rings. The van der Waals surface area contributed by atoms with Crippen molar-refractivity contribution < 1.29 is 13.2 Å². The van der Waals surface area contributed by atoms with E-state index in [0.29, 0.717) is 24.2 Å². The third kappa shape index (κ3) is 4.78. The fourth-order valence-electron chi connectivity index (χ4n) is 4.05. The van der Waals surface area contributed by atoms with Gasteiger partial charge < -0.3 is 11.1 Å². The molecule has 0 spiro atoms. The van der Waals surface area contributed by atoms with Crippen LogP contribution in [0.4, 0.5) is 0 Å². The van der Waals surface area contributed by atoms with Gasteiger partial charge in [0, 0.05) is 30.7 Å². The van der Waals surface area contributed by atoms with Crippen molar-refractivity contribution >= 4 is 21.5 Å². The zero-order valence-corrected chi connectivity index (χ0v) is 16.9. The number of carbonyl (C=O) groups is 1. The first-order chi connectivity index (χ1) is 12.8. The molecule has 1 heterocycles. The summed E-state index contributed by atoms with van der Waals surface area (Å²) >= 11 is 0. The molecule has 3 rings (SSSR count). The number of nitrogens with zero attached hydrogens (tertiary/aromatic N) is 1. The van der Waals surface area contributed by atoms with Gasteiger partial charge in [0.05, 0.1) is 5.75 Å². The van der Waals surface area contributed by atoms with E-state index < -0.39 is 15.9 Å². The molecule has 3 N–H and O–H groups in total. The number of nitrogens with one attached hydrogen (secondary N) is 1. The van der Waals surface area contributed by atoms with Crippen LogP contribution in [-0.2, 0) is 15.8 Å². The number of allylic oxidation sites excluding steroid dienone is 2. The van der Waals surface area contributed by atoms with Crippen molar-refractivity contribution in [2.45, 2.75) is 57.4 Å². The van der Waals surface area contributed by atoms with Crippen LogP contribution in [0.3, 0.4) is 0 Å². The Kier molecular flexibility index (Phi) is 6.03. The topological polar surface area (TPSA) is 92.5 Å². The highest BCUT2D eigenvalue weighted by atomic mass is 32.2. The van der Waals surface area contributed by atoms with Crippen LogP contribution in [0.2, 0.25) is 0 Å². The minimum Gasteiger partial charge on any atom is -0.366 e. The SMILES string of the molecule is C[C@@H]1CN(S(=O)(=O)Cc2ccc(C(N)=O)c(C3=CCCCC3)c2)C[C@H](C)N1. The molecule has 1 aromatic carbocycles. The standard InChI is InChI=1S/C20H29N3O3S/c1-14-11-23(12-15(2)22-14)27(25,26)13-16-8-9-18(20(21)24)19(10-16)17-6-4-3-5-7-17/h6,8-10,14-15,22H,3-5,7,11-13H2,1-2H3,(H2,21,24)/t14-,15+. The van der Waals surface area contributed by atoms with E-state index in [1.54, 1.807) is 16.4 Å². The second-order valence-electron chi connectivity index (χ2n) is 7.76. The van der Waals surface area contributed by atoms with Gasteiger partial charge in [-0.15, -0.1) is 0 Å². The average molecular weight is 392 g/mol.